The van der Waals surface area contributed by atoms with E-state index in [-0.39, 0.29) is 6.04 Å². The molecular weight excluding hydrogens is 216 g/mol. The first kappa shape index (κ1) is 12.1. The number of amidine groups is 1. The maximum Gasteiger partial charge on any atom is 0.120 e. The fraction of sp³-hybridized carbons (Fsp3) is 0.583. The molecule has 0 aromatic carbocycles. The quantitative estimate of drug-likeness (QED) is 0.740. The SMILES string of the molecule is COCCNC1=NCCNC1c1cccn1C. The topological polar surface area (TPSA) is 50.6 Å². The zero-order valence-electron chi connectivity index (χ0n) is 10.4. The van der Waals surface area contributed by atoms with Gasteiger partial charge in [0, 0.05) is 39.1 Å². The van der Waals surface area contributed by atoms with Gasteiger partial charge in [0.1, 0.15) is 11.9 Å². The molecule has 1 atom stereocenters. The van der Waals surface area contributed by atoms with E-state index in [1.165, 1.54) is 5.69 Å². The summed E-state index contributed by atoms with van der Waals surface area (Å²) < 4.78 is 7.16. The van der Waals surface area contributed by atoms with Gasteiger partial charge in [-0.05, 0) is 12.1 Å². The molecule has 0 amide bonds. The van der Waals surface area contributed by atoms with E-state index in [1.54, 1.807) is 7.11 Å². The standard InChI is InChI=1S/C12H20N4O/c1-16-8-3-4-10(16)11-12(14-6-5-13-11)15-7-9-17-2/h3-4,8,11,13H,5-7,9H2,1-2H3,(H,14,15). The predicted molar refractivity (Wildman–Crippen MR) is 68.3 cm³/mol. The summed E-state index contributed by atoms with van der Waals surface area (Å²) in [6.45, 7) is 3.23. The highest BCUT2D eigenvalue weighted by Crippen LogP contribution is 2.15. The molecule has 0 saturated heterocycles. The summed E-state index contributed by atoms with van der Waals surface area (Å²) in [6.07, 6.45) is 2.05. The maximum absolute atomic E-state index is 5.04. The van der Waals surface area contributed by atoms with E-state index in [4.69, 9.17) is 4.74 Å². The van der Waals surface area contributed by atoms with Gasteiger partial charge in [-0.15, -0.1) is 0 Å². The minimum Gasteiger partial charge on any atom is -0.383 e. The van der Waals surface area contributed by atoms with Crippen LogP contribution >= 0.6 is 0 Å². The molecule has 0 bridgehead atoms. The molecule has 5 nitrogen and oxygen atoms in total. The molecule has 2 rings (SSSR count). The van der Waals surface area contributed by atoms with E-state index >= 15 is 0 Å². The number of aromatic nitrogens is 1. The Bertz CT molecular complexity index is 386. The van der Waals surface area contributed by atoms with Gasteiger partial charge in [0.25, 0.3) is 0 Å². The van der Waals surface area contributed by atoms with E-state index in [0.29, 0.717) is 6.61 Å². The molecule has 0 spiro atoms. The summed E-state index contributed by atoms with van der Waals surface area (Å²) in [6, 6.07) is 4.34. The summed E-state index contributed by atoms with van der Waals surface area (Å²) in [5.41, 5.74) is 1.23. The average molecular weight is 236 g/mol. The molecule has 1 aromatic heterocycles. The zero-order valence-corrected chi connectivity index (χ0v) is 10.4. The molecule has 5 heteroatoms. The molecule has 1 unspecified atom stereocenters. The maximum atomic E-state index is 5.04. The van der Waals surface area contributed by atoms with Crippen LogP contribution in [0.25, 0.3) is 0 Å². The van der Waals surface area contributed by atoms with Gasteiger partial charge in [-0.1, -0.05) is 0 Å². The smallest absolute Gasteiger partial charge is 0.120 e. The second-order valence-corrected chi connectivity index (χ2v) is 4.12. The van der Waals surface area contributed by atoms with Crippen molar-refractivity contribution in [3.05, 3.63) is 24.0 Å². The summed E-state index contributed by atoms with van der Waals surface area (Å²) in [4.78, 5) is 4.55. The Morgan fingerprint density at radius 1 is 1.65 bits per heavy atom. The molecule has 2 heterocycles. The first-order chi connectivity index (χ1) is 8.33. The highest BCUT2D eigenvalue weighted by molar-refractivity contribution is 5.88. The number of aliphatic imine (C=N–C) groups is 1. The molecular formula is C12H20N4O. The molecule has 1 aliphatic rings. The van der Waals surface area contributed by atoms with E-state index in [2.05, 4.69) is 45.6 Å². The van der Waals surface area contributed by atoms with Crippen molar-refractivity contribution in [3.63, 3.8) is 0 Å². The minimum absolute atomic E-state index is 0.167. The number of nitrogens with zero attached hydrogens (tertiary/aromatic N) is 2. The number of rotatable bonds is 4. The zero-order chi connectivity index (χ0) is 12.1. The van der Waals surface area contributed by atoms with Crippen LogP contribution in [0.15, 0.2) is 23.3 Å². The summed E-state index contributed by atoms with van der Waals surface area (Å²) in [5.74, 6) is 1.01. The molecule has 94 valence electrons. The van der Waals surface area contributed by atoms with E-state index in [9.17, 15) is 0 Å². The van der Waals surface area contributed by atoms with E-state index in [1.807, 2.05) is 0 Å². The van der Waals surface area contributed by atoms with Crippen LogP contribution in [-0.2, 0) is 11.8 Å². The lowest BCUT2D eigenvalue weighted by Gasteiger charge is -2.26. The third-order valence-corrected chi connectivity index (χ3v) is 2.91. The first-order valence-electron chi connectivity index (χ1n) is 5.94. The third-order valence-electron chi connectivity index (χ3n) is 2.91. The number of methoxy groups -OCH3 is 1. The van der Waals surface area contributed by atoms with Crippen LogP contribution in [0.1, 0.15) is 11.7 Å². The number of hydrogen-bond acceptors (Lipinski definition) is 4. The number of ether oxygens (including phenoxy) is 1. The summed E-state index contributed by atoms with van der Waals surface area (Å²) >= 11 is 0. The van der Waals surface area contributed by atoms with Crippen LogP contribution in [0.3, 0.4) is 0 Å². The third kappa shape index (κ3) is 2.87. The molecule has 0 aliphatic carbocycles. The normalized spacial score (nSPS) is 20.1. The lowest BCUT2D eigenvalue weighted by atomic mass is 10.1. The van der Waals surface area contributed by atoms with Crippen LogP contribution in [0.4, 0.5) is 0 Å². The predicted octanol–water partition coefficient (Wildman–Crippen LogP) is 0.304. The van der Waals surface area contributed by atoms with Gasteiger partial charge in [0.05, 0.1) is 13.2 Å². The monoisotopic (exact) mass is 236 g/mol. The Morgan fingerprint density at radius 3 is 3.24 bits per heavy atom. The first-order valence-corrected chi connectivity index (χ1v) is 5.94. The van der Waals surface area contributed by atoms with Gasteiger partial charge >= 0.3 is 0 Å². The molecule has 1 aromatic rings. The fourth-order valence-corrected chi connectivity index (χ4v) is 2.03. The molecule has 0 saturated carbocycles. The van der Waals surface area contributed by atoms with Gasteiger partial charge in [-0.3, -0.25) is 4.99 Å². The van der Waals surface area contributed by atoms with E-state index in [0.717, 1.165) is 25.5 Å². The largest absolute Gasteiger partial charge is 0.383 e. The van der Waals surface area contributed by atoms with Crippen molar-refractivity contribution >= 4 is 5.84 Å². The lowest BCUT2D eigenvalue weighted by Crippen LogP contribution is -2.44. The average Bonchev–Trinajstić information content (AvgIpc) is 2.76. The van der Waals surface area contributed by atoms with Crippen molar-refractivity contribution in [2.75, 3.05) is 33.4 Å². The second-order valence-electron chi connectivity index (χ2n) is 4.12. The fourth-order valence-electron chi connectivity index (χ4n) is 2.03. The lowest BCUT2D eigenvalue weighted by molar-refractivity contribution is 0.203. The Balaban J connectivity index is 2.07. The number of hydrogen-bond donors (Lipinski definition) is 2. The van der Waals surface area contributed by atoms with Gasteiger partial charge in [-0.2, -0.15) is 0 Å². The Labute approximate surface area is 102 Å². The Morgan fingerprint density at radius 2 is 2.53 bits per heavy atom. The number of aryl methyl sites for hydroxylation is 1. The van der Waals surface area contributed by atoms with Crippen molar-refractivity contribution in [1.82, 2.24) is 15.2 Å². The van der Waals surface area contributed by atoms with E-state index < -0.39 is 0 Å². The van der Waals surface area contributed by atoms with Crippen molar-refractivity contribution in [2.24, 2.45) is 12.0 Å². The van der Waals surface area contributed by atoms with Crippen LogP contribution in [0, 0.1) is 0 Å². The van der Waals surface area contributed by atoms with Gasteiger partial charge < -0.3 is 19.9 Å². The van der Waals surface area contributed by atoms with Gasteiger partial charge in [0.2, 0.25) is 0 Å². The van der Waals surface area contributed by atoms with Crippen molar-refractivity contribution < 1.29 is 4.74 Å². The molecule has 0 radical (unpaired) electrons. The van der Waals surface area contributed by atoms with Crippen molar-refractivity contribution in [2.45, 2.75) is 6.04 Å². The van der Waals surface area contributed by atoms with Crippen molar-refractivity contribution in [3.8, 4) is 0 Å². The van der Waals surface area contributed by atoms with Crippen molar-refractivity contribution in [1.29, 1.82) is 0 Å². The molecule has 0 fully saturated rings. The van der Waals surface area contributed by atoms with Crippen LogP contribution in [0.5, 0.6) is 0 Å². The van der Waals surface area contributed by atoms with Crippen LogP contribution < -0.4 is 10.6 Å². The van der Waals surface area contributed by atoms with Gasteiger partial charge in [0.15, 0.2) is 0 Å². The van der Waals surface area contributed by atoms with Crippen LogP contribution in [-0.4, -0.2) is 43.8 Å². The molecule has 1 aliphatic heterocycles. The number of nitrogens with one attached hydrogen (secondary N) is 2. The highest BCUT2D eigenvalue weighted by atomic mass is 16.5. The Hall–Kier alpha value is -1.33. The molecule has 2 N–H and O–H groups in total. The van der Waals surface area contributed by atoms with Crippen LogP contribution in [0.2, 0.25) is 0 Å². The molecule has 17 heavy (non-hydrogen) atoms. The minimum atomic E-state index is 0.167. The Kier molecular flexibility index (Phi) is 4.17. The highest BCUT2D eigenvalue weighted by Gasteiger charge is 2.22. The second kappa shape index (κ2) is 5.84. The summed E-state index contributed by atoms with van der Waals surface area (Å²) in [7, 11) is 3.76. The summed E-state index contributed by atoms with van der Waals surface area (Å²) in [5, 5.41) is 6.82. The van der Waals surface area contributed by atoms with Gasteiger partial charge in [-0.25, -0.2) is 0 Å².